The van der Waals surface area contributed by atoms with Gasteiger partial charge in [0.2, 0.25) is 16.8 Å². The fourth-order valence-electron chi connectivity index (χ4n) is 2.33. The topological polar surface area (TPSA) is 81.0 Å². The molecule has 3 rings (SSSR count). The molecule has 0 amide bonds. The molecular weight excluding hydrogens is 320 g/mol. The van der Waals surface area contributed by atoms with Crippen LogP contribution in [0.3, 0.4) is 0 Å². The number of ether oxygens (including phenoxy) is 2. The van der Waals surface area contributed by atoms with Crippen LogP contribution in [-0.2, 0) is 10.0 Å². The summed E-state index contributed by atoms with van der Waals surface area (Å²) in [5.41, 5.74) is 0. The van der Waals surface area contributed by atoms with Crippen LogP contribution >= 0.6 is 0 Å². The van der Waals surface area contributed by atoms with E-state index in [0.717, 1.165) is 0 Å². The highest BCUT2D eigenvalue weighted by Crippen LogP contribution is 2.33. The Morgan fingerprint density at radius 2 is 2.00 bits per heavy atom. The fourth-order valence-corrected chi connectivity index (χ4v) is 3.39. The number of nitrogens with one attached hydrogen (secondary N) is 1. The van der Waals surface area contributed by atoms with Crippen LogP contribution in [0, 0.1) is 0 Å². The highest BCUT2D eigenvalue weighted by molar-refractivity contribution is 7.89. The van der Waals surface area contributed by atoms with E-state index in [-0.39, 0.29) is 24.3 Å². The zero-order valence-corrected chi connectivity index (χ0v) is 13.7. The van der Waals surface area contributed by atoms with Crippen LogP contribution in [0.15, 0.2) is 45.9 Å². The van der Waals surface area contributed by atoms with Gasteiger partial charge < -0.3 is 13.9 Å². The molecule has 0 radical (unpaired) electrons. The number of benzene rings is 1. The number of hydrogen-bond acceptors (Lipinski definition) is 6. The van der Waals surface area contributed by atoms with Crippen molar-refractivity contribution < 1.29 is 22.3 Å². The lowest BCUT2D eigenvalue weighted by atomic mass is 10.2. The van der Waals surface area contributed by atoms with Crippen LogP contribution in [0.2, 0.25) is 0 Å². The van der Waals surface area contributed by atoms with Gasteiger partial charge in [0.15, 0.2) is 11.5 Å². The SMILES string of the molecule is CN(C)[C@H](CNS(=O)(=O)c1ccc2c(c1)OCO2)c1ccco1. The fraction of sp³-hybridized carbons (Fsp3) is 0.333. The van der Waals surface area contributed by atoms with Crippen LogP contribution in [-0.4, -0.2) is 40.8 Å². The van der Waals surface area contributed by atoms with E-state index in [1.54, 1.807) is 18.4 Å². The van der Waals surface area contributed by atoms with E-state index in [9.17, 15) is 8.42 Å². The van der Waals surface area contributed by atoms with Crippen LogP contribution in [0.1, 0.15) is 11.8 Å². The maximum atomic E-state index is 12.5. The summed E-state index contributed by atoms with van der Waals surface area (Å²) in [5.74, 6) is 1.68. The van der Waals surface area contributed by atoms with E-state index in [1.165, 1.54) is 12.1 Å². The molecule has 1 aliphatic rings. The van der Waals surface area contributed by atoms with E-state index in [4.69, 9.17) is 13.9 Å². The van der Waals surface area contributed by atoms with E-state index in [1.807, 2.05) is 25.1 Å². The normalized spacial score (nSPS) is 15.1. The first-order valence-corrected chi connectivity index (χ1v) is 8.55. The van der Waals surface area contributed by atoms with Gasteiger partial charge in [0.1, 0.15) is 5.76 Å². The number of fused-ring (bicyclic) bond motifs is 1. The molecule has 0 fully saturated rings. The van der Waals surface area contributed by atoms with Crippen LogP contribution in [0.5, 0.6) is 11.5 Å². The lowest BCUT2D eigenvalue weighted by molar-refractivity contribution is 0.174. The smallest absolute Gasteiger partial charge is 0.240 e. The predicted octanol–water partition coefficient (Wildman–Crippen LogP) is 1.59. The molecule has 1 aromatic carbocycles. The zero-order chi connectivity index (χ0) is 16.4. The van der Waals surface area contributed by atoms with Crippen molar-refractivity contribution in [3.63, 3.8) is 0 Å². The number of furan rings is 1. The summed E-state index contributed by atoms with van der Waals surface area (Å²) >= 11 is 0. The Hall–Kier alpha value is -2.03. The second kappa shape index (κ2) is 6.23. The van der Waals surface area contributed by atoms with E-state index in [0.29, 0.717) is 17.3 Å². The summed E-state index contributed by atoms with van der Waals surface area (Å²) in [4.78, 5) is 2.03. The summed E-state index contributed by atoms with van der Waals surface area (Å²) in [5, 5.41) is 0. The van der Waals surface area contributed by atoms with Gasteiger partial charge in [-0.2, -0.15) is 0 Å². The van der Waals surface area contributed by atoms with Crippen LogP contribution in [0.4, 0.5) is 0 Å². The summed E-state index contributed by atoms with van der Waals surface area (Å²) in [6, 6.07) is 7.94. The van der Waals surface area contributed by atoms with Gasteiger partial charge in [-0.05, 0) is 38.4 Å². The minimum absolute atomic E-state index is 0.105. The average Bonchev–Trinajstić information content (AvgIpc) is 3.17. The first kappa shape index (κ1) is 15.9. The van der Waals surface area contributed by atoms with Crippen molar-refractivity contribution in [3.8, 4) is 11.5 Å². The van der Waals surface area contributed by atoms with Gasteiger partial charge in [-0.1, -0.05) is 0 Å². The third kappa shape index (κ3) is 3.34. The highest BCUT2D eigenvalue weighted by Gasteiger charge is 2.23. The number of nitrogens with zero attached hydrogens (tertiary/aromatic N) is 1. The molecule has 0 saturated heterocycles. The standard InChI is InChI=1S/C15H18N2O5S/c1-17(2)12(13-4-3-7-20-13)9-16-23(18,19)11-5-6-14-15(8-11)22-10-21-14/h3-8,12,16H,9-10H2,1-2H3/t12-/m1/s1. The van der Waals surface area contributed by atoms with E-state index in [2.05, 4.69) is 4.72 Å². The van der Waals surface area contributed by atoms with Gasteiger partial charge in [-0.25, -0.2) is 13.1 Å². The molecule has 2 aromatic rings. The van der Waals surface area contributed by atoms with Gasteiger partial charge in [0.25, 0.3) is 0 Å². The minimum Gasteiger partial charge on any atom is -0.468 e. The Morgan fingerprint density at radius 1 is 1.22 bits per heavy atom. The first-order chi connectivity index (χ1) is 11.0. The second-order valence-corrected chi connectivity index (χ2v) is 7.13. The minimum atomic E-state index is -3.66. The van der Waals surface area contributed by atoms with Gasteiger partial charge in [-0.15, -0.1) is 0 Å². The molecule has 1 N–H and O–H groups in total. The van der Waals surface area contributed by atoms with Gasteiger partial charge >= 0.3 is 0 Å². The average molecular weight is 338 g/mol. The van der Waals surface area contributed by atoms with Crippen LogP contribution < -0.4 is 14.2 Å². The van der Waals surface area contributed by atoms with Crippen molar-refractivity contribution in [1.82, 2.24) is 9.62 Å². The van der Waals surface area contributed by atoms with Crippen molar-refractivity contribution >= 4 is 10.0 Å². The summed E-state index contributed by atoms with van der Waals surface area (Å²) in [6.45, 7) is 0.296. The van der Waals surface area contributed by atoms with Crippen molar-refractivity contribution in [2.75, 3.05) is 27.4 Å². The van der Waals surface area contributed by atoms with Gasteiger partial charge in [0.05, 0.1) is 17.2 Å². The molecular formula is C15H18N2O5S. The number of rotatable bonds is 6. The molecule has 7 nitrogen and oxygen atoms in total. The Morgan fingerprint density at radius 3 is 2.70 bits per heavy atom. The molecule has 0 saturated carbocycles. The summed E-state index contributed by atoms with van der Waals surface area (Å²) in [7, 11) is 0.0709. The maximum absolute atomic E-state index is 12.5. The molecule has 0 bridgehead atoms. The molecule has 1 aromatic heterocycles. The van der Waals surface area contributed by atoms with Crippen molar-refractivity contribution in [3.05, 3.63) is 42.4 Å². The molecule has 1 atom stereocenters. The highest BCUT2D eigenvalue weighted by atomic mass is 32.2. The lowest BCUT2D eigenvalue weighted by Gasteiger charge is -2.22. The van der Waals surface area contributed by atoms with E-state index < -0.39 is 10.0 Å². The van der Waals surface area contributed by atoms with Crippen LogP contribution in [0.25, 0.3) is 0 Å². The summed E-state index contributed by atoms with van der Waals surface area (Å²) in [6.07, 6.45) is 1.57. The third-order valence-corrected chi connectivity index (χ3v) is 5.04. The Kier molecular flexibility index (Phi) is 4.29. The van der Waals surface area contributed by atoms with Crippen molar-refractivity contribution in [1.29, 1.82) is 0 Å². The molecule has 0 spiro atoms. The Bertz CT molecular complexity index is 771. The summed E-state index contributed by atoms with van der Waals surface area (Å²) < 4.78 is 43.3. The number of hydrogen-bond donors (Lipinski definition) is 1. The molecule has 1 aliphatic heterocycles. The zero-order valence-electron chi connectivity index (χ0n) is 12.9. The molecule has 8 heteroatoms. The van der Waals surface area contributed by atoms with Gasteiger partial charge in [-0.3, -0.25) is 4.90 Å². The maximum Gasteiger partial charge on any atom is 0.240 e. The molecule has 0 aliphatic carbocycles. The van der Waals surface area contributed by atoms with E-state index >= 15 is 0 Å². The Labute approximate surface area is 134 Å². The monoisotopic (exact) mass is 338 g/mol. The van der Waals surface area contributed by atoms with Crippen molar-refractivity contribution in [2.24, 2.45) is 0 Å². The first-order valence-electron chi connectivity index (χ1n) is 7.06. The lowest BCUT2D eigenvalue weighted by Crippen LogP contribution is -2.34. The Balaban J connectivity index is 1.76. The molecule has 23 heavy (non-hydrogen) atoms. The third-order valence-electron chi connectivity index (χ3n) is 3.62. The second-order valence-electron chi connectivity index (χ2n) is 5.36. The van der Waals surface area contributed by atoms with Crippen molar-refractivity contribution in [2.45, 2.75) is 10.9 Å². The largest absolute Gasteiger partial charge is 0.468 e. The molecule has 124 valence electrons. The molecule has 2 heterocycles. The quantitative estimate of drug-likeness (QED) is 0.861. The number of likely N-dealkylation sites (N-methyl/N-ethyl adjacent to an activating group) is 1. The van der Waals surface area contributed by atoms with Gasteiger partial charge in [0, 0.05) is 12.6 Å². The predicted molar refractivity (Wildman–Crippen MR) is 82.9 cm³/mol. The molecule has 0 unspecified atom stereocenters. The number of sulfonamides is 1.